The summed E-state index contributed by atoms with van der Waals surface area (Å²) in [5.41, 5.74) is 0.752. The molecule has 28 heavy (non-hydrogen) atoms. The molecule has 0 saturated heterocycles. The Hall–Kier alpha value is -1.79. The molecule has 1 fully saturated rings. The third-order valence-corrected chi connectivity index (χ3v) is 5.57. The molecule has 7 heteroatoms. The third kappa shape index (κ3) is 6.99. The summed E-state index contributed by atoms with van der Waals surface area (Å²) in [6.07, 6.45) is 6.04. The van der Waals surface area contributed by atoms with E-state index in [4.69, 9.17) is 21.3 Å². The van der Waals surface area contributed by atoms with Gasteiger partial charge >= 0.3 is 0 Å². The summed E-state index contributed by atoms with van der Waals surface area (Å²) < 4.78 is 5.30. The number of amides is 1. The zero-order chi connectivity index (χ0) is 20.2. The predicted molar refractivity (Wildman–Crippen MR) is 115 cm³/mol. The van der Waals surface area contributed by atoms with Gasteiger partial charge in [-0.1, -0.05) is 36.6 Å². The molecule has 0 spiro atoms. The van der Waals surface area contributed by atoms with Gasteiger partial charge in [-0.3, -0.25) is 9.79 Å². The minimum atomic E-state index is -0.168. The van der Waals surface area contributed by atoms with E-state index >= 15 is 0 Å². The van der Waals surface area contributed by atoms with Crippen molar-refractivity contribution in [2.45, 2.75) is 39.0 Å². The quantitative estimate of drug-likeness (QED) is 0.315. The first-order valence-corrected chi connectivity index (χ1v) is 10.5. The van der Waals surface area contributed by atoms with Crippen LogP contribution in [0.25, 0.3) is 0 Å². The maximum Gasteiger partial charge on any atom is 0.252 e. The SMILES string of the molecule is CCNC(=NCC1(CCOC)CCCC1)NCCNC(=O)c1ccccc1Cl. The summed E-state index contributed by atoms with van der Waals surface area (Å²) in [5.74, 6) is 0.622. The second kappa shape index (κ2) is 11.9. The Balaban J connectivity index is 1.82. The largest absolute Gasteiger partial charge is 0.385 e. The van der Waals surface area contributed by atoms with E-state index in [0.29, 0.717) is 23.7 Å². The van der Waals surface area contributed by atoms with E-state index in [1.807, 2.05) is 13.0 Å². The molecule has 1 saturated carbocycles. The van der Waals surface area contributed by atoms with Gasteiger partial charge in [0.2, 0.25) is 0 Å². The molecule has 2 rings (SSSR count). The van der Waals surface area contributed by atoms with E-state index < -0.39 is 0 Å². The van der Waals surface area contributed by atoms with Gasteiger partial charge in [-0.05, 0) is 43.7 Å². The van der Waals surface area contributed by atoms with Crippen molar-refractivity contribution in [3.63, 3.8) is 0 Å². The van der Waals surface area contributed by atoms with Gasteiger partial charge in [0.15, 0.2) is 5.96 Å². The summed E-state index contributed by atoms with van der Waals surface area (Å²) in [4.78, 5) is 17.0. The third-order valence-electron chi connectivity index (χ3n) is 5.24. The molecule has 0 heterocycles. The fourth-order valence-corrected chi connectivity index (χ4v) is 3.84. The summed E-state index contributed by atoms with van der Waals surface area (Å²) in [6, 6.07) is 7.05. The average Bonchev–Trinajstić information content (AvgIpc) is 3.17. The normalized spacial score (nSPS) is 16.0. The number of nitrogens with one attached hydrogen (secondary N) is 3. The van der Waals surface area contributed by atoms with Gasteiger partial charge in [-0.25, -0.2) is 0 Å². The molecule has 0 radical (unpaired) electrons. The van der Waals surface area contributed by atoms with Crippen LogP contribution in [-0.2, 0) is 4.74 Å². The van der Waals surface area contributed by atoms with Crippen molar-refractivity contribution in [1.82, 2.24) is 16.0 Å². The van der Waals surface area contributed by atoms with Crippen LogP contribution in [0.5, 0.6) is 0 Å². The zero-order valence-electron chi connectivity index (χ0n) is 17.0. The highest BCUT2D eigenvalue weighted by atomic mass is 35.5. The van der Waals surface area contributed by atoms with Crippen LogP contribution in [0.2, 0.25) is 5.02 Å². The molecule has 0 atom stereocenters. The minimum absolute atomic E-state index is 0.168. The molecular weight excluding hydrogens is 376 g/mol. The highest BCUT2D eigenvalue weighted by Gasteiger charge is 2.33. The number of nitrogens with zero attached hydrogens (tertiary/aromatic N) is 1. The summed E-state index contributed by atoms with van der Waals surface area (Å²) in [5, 5.41) is 9.93. The van der Waals surface area contributed by atoms with Crippen LogP contribution >= 0.6 is 11.6 Å². The standard InChI is InChI=1S/C21H33ClN4O2/c1-3-23-20(26-16-21(12-15-28-2)10-6-7-11-21)25-14-13-24-19(27)17-8-4-5-9-18(17)22/h4-5,8-9H,3,6-7,10-16H2,1-2H3,(H,24,27)(H2,23,25,26). The Bertz CT molecular complexity index is 645. The Morgan fingerprint density at radius 2 is 1.89 bits per heavy atom. The lowest BCUT2D eigenvalue weighted by atomic mass is 9.83. The van der Waals surface area contributed by atoms with Crippen LogP contribution < -0.4 is 16.0 Å². The van der Waals surface area contributed by atoms with Crippen LogP contribution in [0.15, 0.2) is 29.3 Å². The topological polar surface area (TPSA) is 74.8 Å². The fourth-order valence-electron chi connectivity index (χ4n) is 3.62. The number of aliphatic imine (C=N–C) groups is 1. The number of benzene rings is 1. The summed E-state index contributed by atoms with van der Waals surface area (Å²) in [6.45, 7) is 5.51. The first kappa shape index (κ1) is 22.5. The van der Waals surface area contributed by atoms with Crippen molar-refractivity contribution >= 4 is 23.5 Å². The maximum absolute atomic E-state index is 12.2. The lowest BCUT2D eigenvalue weighted by Gasteiger charge is -2.27. The van der Waals surface area contributed by atoms with Crippen molar-refractivity contribution < 1.29 is 9.53 Å². The molecule has 0 bridgehead atoms. The average molecular weight is 409 g/mol. The van der Waals surface area contributed by atoms with Crippen molar-refractivity contribution in [1.29, 1.82) is 0 Å². The van der Waals surface area contributed by atoms with Crippen molar-refractivity contribution in [2.75, 3.05) is 39.9 Å². The lowest BCUT2D eigenvalue weighted by molar-refractivity contribution is 0.0954. The fraction of sp³-hybridized carbons (Fsp3) is 0.619. The van der Waals surface area contributed by atoms with E-state index in [0.717, 1.165) is 32.1 Å². The number of carbonyl (C=O) groups excluding carboxylic acids is 1. The second-order valence-electron chi connectivity index (χ2n) is 7.31. The van der Waals surface area contributed by atoms with E-state index in [-0.39, 0.29) is 11.3 Å². The maximum atomic E-state index is 12.2. The van der Waals surface area contributed by atoms with Gasteiger partial charge in [0.05, 0.1) is 10.6 Å². The van der Waals surface area contributed by atoms with Crippen LogP contribution in [0, 0.1) is 5.41 Å². The van der Waals surface area contributed by atoms with Crippen LogP contribution in [0.4, 0.5) is 0 Å². The molecular formula is C21H33ClN4O2. The van der Waals surface area contributed by atoms with Crippen molar-refractivity contribution in [3.05, 3.63) is 34.9 Å². The summed E-state index contributed by atoms with van der Waals surface area (Å²) in [7, 11) is 1.76. The number of rotatable bonds is 10. The number of methoxy groups -OCH3 is 1. The van der Waals surface area contributed by atoms with Gasteiger partial charge in [0, 0.05) is 39.9 Å². The minimum Gasteiger partial charge on any atom is -0.385 e. The van der Waals surface area contributed by atoms with Gasteiger partial charge in [0.1, 0.15) is 0 Å². The molecule has 156 valence electrons. The first-order chi connectivity index (χ1) is 13.6. The number of guanidine groups is 1. The van der Waals surface area contributed by atoms with Crippen LogP contribution in [0.1, 0.15) is 49.4 Å². The molecule has 0 aliphatic heterocycles. The second-order valence-corrected chi connectivity index (χ2v) is 7.71. The zero-order valence-corrected chi connectivity index (χ0v) is 17.8. The number of hydrogen-bond donors (Lipinski definition) is 3. The van der Waals surface area contributed by atoms with Gasteiger partial charge in [-0.2, -0.15) is 0 Å². The molecule has 1 aromatic rings. The van der Waals surface area contributed by atoms with Gasteiger partial charge < -0.3 is 20.7 Å². The number of hydrogen-bond acceptors (Lipinski definition) is 3. The van der Waals surface area contributed by atoms with E-state index in [1.54, 1.807) is 25.3 Å². The van der Waals surface area contributed by atoms with E-state index in [9.17, 15) is 4.79 Å². The highest BCUT2D eigenvalue weighted by Crippen LogP contribution is 2.41. The molecule has 6 nitrogen and oxygen atoms in total. The number of halogens is 1. The molecule has 3 N–H and O–H groups in total. The predicted octanol–water partition coefficient (Wildman–Crippen LogP) is 3.22. The molecule has 1 aromatic carbocycles. The lowest BCUT2D eigenvalue weighted by Crippen LogP contribution is -2.42. The van der Waals surface area contributed by atoms with E-state index in [2.05, 4.69) is 16.0 Å². The molecule has 0 unspecified atom stereocenters. The van der Waals surface area contributed by atoms with Gasteiger partial charge in [-0.15, -0.1) is 0 Å². The van der Waals surface area contributed by atoms with Gasteiger partial charge in [0.25, 0.3) is 5.91 Å². The number of ether oxygens (including phenoxy) is 1. The van der Waals surface area contributed by atoms with Crippen LogP contribution in [-0.4, -0.2) is 51.8 Å². The summed E-state index contributed by atoms with van der Waals surface area (Å²) >= 11 is 6.06. The number of carbonyl (C=O) groups is 1. The van der Waals surface area contributed by atoms with Crippen molar-refractivity contribution in [3.8, 4) is 0 Å². The Morgan fingerprint density at radius 1 is 1.18 bits per heavy atom. The van der Waals surface area contributed by atoms with Crippen LogP contribution in [0.3, 0.4) is 0 Å². The van der Waals surface area contributed by atoms with E-state index in [1.165, 1.54) is 25.7 Å². The molecule has 1 amide bonds. The first-order valence-electron chi connectivity index (χ1n) is 10.1. The Morgan fingerprint density at radius 3 is 2.57 bits per heavy atom. The Kier molecular flexibility index (Phi) is 9.58. The Labute approximate surface area is 173 Å². The molecule has 1 aliphatic rings. The van der Waals surface area contributed by atoms with Crippen molar-refractivity contribution in [2.24, 2.45) is 10.4 Å². The smallest absolute Gasteiger partial charge is 0.252 e. The highest BCUT2D eigenvalue weighted by molar-refractivity contribution is 6.33. The molecule has 0 aromatic heterocycles. The monoisotopic (exact) mass is 408 g/mol. The molecule has 1 aliphatic carbocycles.